The van der Waals surface area contributed by atoms with Crippen molar-refractivity contribution in [2.75, 3.05) is 6.54 Å². The van der Waals surface area contributed by atoms with Crippen molar-refractivity contribution in [3.8, 4) is 5.88 Å². The van der Waals surface area contributed by atoms with E-state index >= 15 is 0 Å². The second kappa shape index (κ2) is 10.8. The van der Waals surface area contributed by atoms with Gasteiger partial charge in [-0.1, -0.05) is 64.7 Å². The first-order valence-electron chi connectivity index (χ1n) is 11.7. The fourth-order valence-electron chi connectivity index (χ4n) is 4.88. The van der Waals surface area contributed by atoms with Gasteiger partial charge in [0.2, 0.25) is 5.88 Å². The van der Waals surface area contributed by atoms with Crippen LogP contribution in [0.4, 0.5) is 0 Å². The lowest BCUT2D eigenvalue weighted by Gasteiger charge is -2.29. The van der Waals surface area contributed by atoms with E-state index in [9.17, 15) is 14.7 Å². The van der Waals surface area contributed by atoms with Gasteiger partial charge in [0.05, 0.1) is 0 Å². The zero-order valence-corrected chi connectivity index (χ0v) is 17.9. The van der Waals surface area contributed by atoms with Crippen LogP contribution in [-0.4, -0.2) is 27.0 Å². The summed E-state index contributed by atoms with van der Waals surface area (Å²) in [7, 11) is 0. The molecule has 0 bridgehead atoms. The summed E-state index contributed by atoms with van der Waals surface area (Å²) >= 11 is 0. The number of hydrogen-bond acceptors (Lipinski definition) is 4. The van der Waals surface area contributed by atoms with E-state index in [1.807, 2.05) is 0 Å². The average molecular weight is 404 g/mol. The van der Waals surface area contributed by atoms with Gasteiger partial charge >= 0.3 is 5.69 Å². The lowest BCUT2D eigenvalue weighted by molar-refractivity contribution is 0.271. The van der Waals surface area contributed by atoms with Gasteiger partial charge in [-0.25, -0.2) is 4.79 Å². The maximum atomic E-state index is 13.3. The molecule has 0 saturated heterocycles. The predicted molar refractivity (Wildman–Crippen MR) is 117 cm³/mol. The molecule has 2 saturated carbocycles. The van der Waals surface area contributed by atoms with E-state index < -0.39 is 0 Å². The number of unbranched alkanes of at least 4 members (excludes halogenated alkanes) is 3. The minimum Gasteiger partial charge on any atom is -0.494 e. The van der Waals surface area contributed by atoms with Gasteiger partial charge in [0.25, 0.3) is 5.56 Å². The number of hydrogen-bond donors (Lipinski definition) is 1. The average Bonchev–Trinajstić information content (AvgIpc) is 2.74. The molecule has 6 nitrogen and oxygen atoms in total. The molecular weight excluding hydrogens is 366 g/mol. The third kappa shape index (κ3) is 5.20. The van der Waals surface area contributed by atoms with E-state index in [0.29, 0.717) is 6.54 Å². The van der Waals surface area contributed by atoms with Crippen LogP contribution in [0.1, 0.15) is 114 Å². The normalized spacial score (nSPS) is 19.2. The van der Waals surface area contributed by atoms with Crippen LogP contribution in [-0.2, 0) is 0 Å². The van der Waals surface area contributed by atoms with Gasteiger partial charge in [-0.2, -0.15) is 0 Å². The third-order valence-corrected chi connectivity index (χ3v) is 6.57. The van der Waals surface area contributed by atoms with E-state index in [-0.39, 0.29) is 34.8 Å². The molecule has 2 aliphatic rings. The highest BCUT2D eigenvalue weighted by Gasteiger charge is 2.28. The van der Waals surface area contributed by atoms with Crippen molar-refractivity contribution >= 4 is 6.21 Å². The molecule has 0 aromatic carbocycles. The zero-order chi connectivity index (χ0) is 20.6. The van der Waals surface area contributed by atoms with E-state index in [1.165, 1.54) is 34.6 Å². The van der Waals surface area contributed by atoms with Crippen LogP contribution in [0.3, 0.4) is 0 Å². The summed E-state index contributed by atoms with van der Waals surface area (Å²) in [6.07, 6.45) is 16.0. The summed E-state index contributed by atoms with van der Waals surface area (Å²) in [5.41, 5.74) is -0.508. The van der Waals surface area contributed by atoms with Crippen LogP contribution in [0, 0.1) is 0 Å². The lowest BCUT2D eigenvalue weighted by atomic mass is 9.94. The third-order valence-electron chi connectivity index (χ3n) is 6.57. The summed E-state index contributed by atoms with van der Waals surface area (Å²) in [6, 6.07) is -0.0840. The molecule has 0 spiro atoms. The lowest BCUT2D eigenvalue weighted by Crippen LogP contribution is -2.45. The highest BCUT2D eigenvalue weighted by atomic mass is 16.3. The number of aromatic hydroxyl groups is 1. The summed E-state index contributed by atoms with van der Waals surface area (Å²) in [5, 5.41) is 10.9. The molecule has 29 heavy (non-hydrogen) atoms. The largest absolute Gasteiger partial charge is 0.494 e. The maximum absolute atomic E-state index is 13.3. The Morgan fingerprint density at radius 1 is 0.897 bits per heavy atom. The summed E-state index contributed by atoms with van der Waals surface area (Å²) < 4.78 is 2.94. The molecule has 1 aromatic rings. The Balaban J connectivity index is 1.98. The molecule has 6 heteroatoms. The number of nitrogens with zero attached hydrogens (tertiary/aromatic N) is 3. The first-order chi connectivity index (χ1) is 14.1. The standard InChI is InChI=1S/C23H37N3O3/c1-2-3-4-11-16-24-17-20-21(27)25(18-12-7-5-8-13-18)23(29)26(22(20)28)19-14-9-6-10-15-19/h17-19,27H,2-16H2,1H3. The van der Waals surface area contributed by atoms with Crippen LogP contribution in [0.25, 0.3) is 0 Å². The van der Waals surface area contributed by atoms with Gasteiger partial charge in [0, 0.05) is 24.8 Å². The van der Waals surface area contributed by atoms with Crippen molar-refractivity contribution < 1.29 is 5.11 Å². The van der Waals surface area contributed by atoms with E-state index in [4.69, 9.17) is 0 Å². The van der Waals surface area contributed by atoms with Crippen molar-refractivity contribution in [3.05, 3.63) is 26.4 Å². The Bertz CT molecular complexity index is 797. The topological polar surface area (TPSA) is 76.6 Å². The SMILES string of the molecule is CCCCCCN=Cc1c(O)n(C2CCCCC2)c(=O)n(C2CCCCC2)c1=O. The first-order valence-corrected chi connectivity index (χ1v) is 11.7. The minimum atomic E-state index is -0.372. The summed E-state index contributed by atoms with van der Waals surface area (Å²) in [4.78, 5) is 31.0. The second-order valence-electron chi connectivity index (χ2n) is 8.74. The summed E-state index contributed by atoms with van der Waals surface area (Å²) in [5.74, 6) is -0.184. The fourth-order valence-corrected chi connectivity index (χ4v) is 4.88. The quantitative estimate of drug-likeness (QED) is 0.504. The molecule has 2 aliphatic carbocycles. The van der Waals surface area contributed by atoms with Gasteiger partial charge < -0.3 is 5.11 Å². The number of aromatic nitrogens is 2. The fraction of sp³-hybridized carbons (Fsp3) is 0.783. The molecule has 0 atom stereocenters. The Morgan fingerprint density at radius 3 is 2.07 bits per heavy atom. The molecule has 1 aromatic heterocycles. The highest BCUT2D eigenvalue weighted by Crippen LogP contribution is 2.31. The van der Waals surface area contributed by atoms with Crippen molar-refractivity contribution in [2.24, 2.45) is 4.99 Å². The smallest absolute Gasteiger partial charge is 0.334 e. The Hall–Kier alpha value is -1.85. The van der Waals surface area contributed by atoms with Crippen LogP contribution in [0.2, 0.25) is 0 Å². The number of aliphatic imine (C=N–C) groups is 1. The zero-order valence-electron chi connectivity index (χ0n) is 17.9. The van der Waals surface area contributed by atoms with E-state index in [0.717, 1.165) is 70.6 Å². The molecule has 1 N–H and O–H groups in total. The summed E-state index contributed by atoms with van der Waals surface area (Å²) in [6.45, 7) is 2.81. The molecular formula is C23H37N3O3. The second-order valence-corrected chi connectivity index (χ2v) is 8.74. The van der Waals surface area contributed by atoms with Crippen LogP contribution < -0.4 is 11.2 Å². The Morgan fingerprint density at radius 2 is 1.48 bits per heavy atom. The number of rotatable bonds is 8. The Labute approximate surface area is 173 Å². The van der Waals surface area contributed by atoms with Crippen molar-refractivity contribution in [3.63, 3.8) is 0 Å². The molecule has 162 valence electrons. The maximum Gasteiger partial charge on any atom is 0.334 e. The molecule has 0 aliphatic heterocycles. The van der Waals surface area contributed by atoms with Crippen LogP contribution in [0.5, 0.6) is 5.88 Å². The van der Waals surface area contributed by atoms with E-state index in [1.54, 1.807) is 0 Å². The van der Waals surface area contributed by atoms with Crippen molar-refractivity contribution in [2.45, 2.75) is 109 Å². The molecule has 2 fully saturated rings. The minimum absolute atomic E-state index is 0.0246. The van der Waals surface area contributed by atoms with Gasteiger partial charge in [-0.15, -0.1) is 0 Å². The molecule has 0 amide bonds. The van der Waals surface area contributed by atoms with Gasteiger partial charge in [-0.3, -0.25) is 18.9 Å². The molecule has 0 radical (unpaired) electrons. The highest BCUT2D eigenvalue weighted by molar-refractivity contribution is 5.82. The van der Waals surface area contributed by atoms with Crippen molar-refractivity contribution in [1.82, 2.24) is 9.13 Å². The van der Waals surface area contributed by atoms with Gasteiger partial charge in [0.15, 0.2) is 0 Å². The van der Waals surface area contributed by atoms with Crippen molar-refractivity contribution in [1.29, 1.82) is 0 Å². The molecule has 1 heterocycles. The molecule has 3 rings (SSSR count). The van der Waals surface area contributed by atoms with E-state index in [2.05, 4.69) is 11.9 Å². The van der Waals surface area contributed by atoms with Gasteiger partial charge in [-0.05, 0) is 32.1 Å². The Kier molecular flexibility index (Phi) is 8.13. The predicted octanol–water partition coefficient (Wildman–Crippen LogP) is 4.73. The van der Waals surface area contributed by atoms with Crippen LogP contribution in [0.15, 0.2) is 14.6 Å². The van der Waals surface area contributed by atoms with Gasteiger partial charge in [0.1, 0.15) is 5.56 Å². The first kappa shape index (κ1) is 21.8. The molecule has 0 unspecified atom stereocenters. The monoisotopic (exact) mass is 403 g/mol. The van der Waals surface area contributed by atoms with Crippen LogP contribution >= 0.6 is 0 Å².